The molecule has 0 N–H and O–H groups in total. The topological polar surface area (TPSA) is 26.3 Å². The van der Waals surface area contributed by atoms with E-state index in [2.05, 4.69) is 16.9 Å². The van der Waals surface area contributed by atoms with E-state index in [1.165, 1.54) is 12.7 Å². The number of benzene rings is 1. The lowest BCUT2D eigenvalue weighted by atomic mass is 10.0. The van der Waals surface area contributed by atoms with Gasteiger partial charge < -0.3 is 4.74 Å². The number of hydrogen-bond donors (Lipinski definition) is 0. The molecule has 1 aromatic rings. The Morgan fingerprint density at radius 1 is 1.33 bits per heavy atom. The van der Waals surface area contributed by atoms with Crippen molar-refractivity contribution in [2.45, 2.75) is 26.2 Å². The minimum Gasteiger partial charge on any atom is -0.469 e. The summed E-state index contributed by atoms with van der Waals surface area (Å²) in [5.41, 5.74) is 1.33. The molecule has 0 aliphatic heterocycles. The van der Waals surface area contributed by atoms with E-state index >= 15 is 0 Å². The molecule has 0 heterocycles. The molecule has 15 heavy (non-hydrogen) atoms. The summed E-state index contributed by atoms with van der Waals surface area (Å²) in [6.45, 7) is 1.91. The maximum absolute atomic E-state index is 11.1. The average molecular weight is 206 g/mol. The Labute approximate surface area is 91.3 Å². The molecule has 1 aromatic carbocycles. The minimum atomic E-state index is -0.108. The fourth-order valence-corrected chi connectivity index (χ4v) is 1.58. The maximum Gasteiger partial charge on any atom is 0.308 e. The standard InChI is InChI=1S/C13H18O2/c1-11(13(14)15-2)7-6-10-12-8-4-3-5-9-12/h3-5,8-9,11H,6-7,10H2,1-2H3. The lowest BCUT2D eigenvalue weighted by Crippen LogP contribution is -2.12. The number of hydrogen-bond acceptors (Lipinski definition) is 2. The van der Waals surface area contributed by atoms with E-state index in [0.717, 1.165) is 19.3 Å². The molecule has 0 saturated heterocycles. The third-order valence-corrected chi connectivity index (χ3v) is 2.55. The van der Waals surface area contributed by atoms with Crippen molar-refractivity contribution in [1.29, 1.82) is 0 Å². The minimum absolute atomic E-state index is 0.0127. The second-order valence-electron chi connectivity index (χ2n) is 3.80. The molecular weight excluding hydrogens is 188 g/mol. The molecule has 0 spiro atoms. The molecule has 0 amide bonds. The van der Waals surface area contributed by atoms with Crippen molar-refractivity contribution in [3.8, 4) is 0 Å². The highest BCUT2D eigenvalue weighted by atomic mass is 16.5. The van der Waals surface area contributed by atoms with Crippen molar-refractivity contribution in [2.75, 3.05) is 7.11 Å². The lowest BCUT2D eigenvalue weighted by molar-refractivity contribution is -0.145. The molecule has 82 valence electrons. The predicted molar refractivity (Wildman–Crippen MR) is 60.6 cm³/mol. The summed E-state index contributed by atoms with van der Waals surface area (Å²) in [5.74, 6) is -0.0956. The van der Waals surface area contributed by atoms with Crippen LogP contribution >= 0.6 is 0 Å². The molecule has 2 nitrogen and oxygen atoms in total. The highest BCUT2D eigenvalue weighted by molar-refractivity contribution is 5.71. The summed E-state index contributed by atoms with van der Waals surface area (Å²) in [6, 6.07) is 10.3. The molecule has 0 fully saturated rings. The zero-order valence-electron chi connectivity index (χ0n) is 9.40. The Kier molecular flexibility index (Phi) is 4.88. The highest BCUT2D eigenvalue weighted by Crippen LogP contribution is 2.11. The van der Waals surface area contributed by atoms with Crippen LogP contribution in [0.1, 0.15) is 25.3 Å². The van der Waals surface area contributed by atoms with Crippen LogP contribution in [-0.4, -0.2) is 13.1 Å². The number of aryl methyl sites for hydroxylation is 1. The first-order valence-corrected chi connectivity index (χ1v) is 5.36. The van der Waals surface area contributed by atoms with Crippen LogP contribution in [0, 0.1) is 5.92 Å². The maximum atomic E-state index is 11.1. The Bertz CT molecular complexity index is 293. The summed E-state index contributed by atoms with van der Waals surface area (Å²) in [6.07, 6.45) is 2.95. The van der Waals surface area contributed by atoms with Crippen molar-refractivity contribution < 1.29 is 9.53 Å². The van der Waals surface area contributed by atoms with Gasteiger partial charge in [-0.25, -0.2) is 0 Å². The van der Waals surface area contributed by atoms with Gasteiger partial charge in [0, 0.05) is 0 Å². The van der Waals surface area contributed by atoms with Crippen molar-refractivity contribution in [2.24, 2.45) is 5.92 Å². The summed E-state index contributed by atoms with van der Waals surface area (Å²) < 4.78 is 4.68. The van der Waals surface area contributed by atoms with Gasteiger partial charge in [0.1, 0.15) is 0 Å². The van der Waals surface area contributed by atoms with Gasteiger partial charge >= 0.3 is 5.97 Å². The average Bonchev–Trinajstić information content (AvgIpc) is 2.29. The molecule has 0 aliphatic carbocycles. The molecule has 0 aromatic heterocycles. The number of rotatable bonds is 5. The Morgan fingerprint density at radius 3 is 2.60 bits per heavy atom. The first-order chi connectivity index (χ1) is 7.24. The van der Waals surface area contributed by atoms with Gasteiger partial charge in [-0.3, -0.25) is 4.79 Å². The molecule has 1 unspecified atom stereocenters. The first-order valence-electron chi connectivity index (χ1n) is 5.36. The van der Waals surface area contributed by atoms with Crippen molar-refractivity contribution in [1.82, 2.24) is 0 Å². The molecule has 2 heteroatoms. The molecule has 0 saturated carbocycles. The third-order valence-electron chi connectivity index (χ3n) is 2.55. The molecule has 0 bridgehead atoms. The van der Waals surface area contributed by atoms with Crippen molar-refractivity contribution >= 4 is 5.97 Å². The predicted octanol–water partition coefficient (Wildman–Crippen LogP) is 2.82. The van der Waals surface area contributed by atoms with E-state index < -0.39 is 0 Å². The van der Waals surface area contributed by atoms with E-state index in [-0.39, 0.29) is 11.9 Å². The number of esters is 1. The van der Waals surface area contributed by atoms with E-state index in [1.807, 2.05) is 25.1 Å². The normalized spacial score (nSPS) is 12.1. The van der Waals surface area contributed by atoms with E-state index in [1.54, 1.807) is 0 Å². The Morgan fingerprint density at radius 2 is 2.00 bits per heavy atom. The van der Waals surface area contributed by atoms with Gasteiger partial charge in [-0.15, -0.1) is 0 Å². The van der Waals surface area contributed by atoms with Crippen LogP contribution in [0.2, 0.25) is 0 Å². The van der Waals surface area contributed by atoms with Gasteiger partial charge in [-0.05, 0) is 24.8 Å². The van der Waals surface area contributed by atoms with Crippen LogP contribution in [0.15, 0.2) is 30.3 Å². The van der Waals surface area contributed by atoms with Gasteiger partial charge in [-0.1, -0.05) is 37.3 Å². The van der Waals surface area contributed by atoms with Crippen molar-refractivity contribution in [3.63, 3.8) is 0 Å². The van der Waals surface area contributed by atoms with Gasteiger partial charge in [-0.2, -0.15) is 0 Å². The van der Waals surface area contributed by atoms with E-state index in [0.29, 0.717) is 0 Å². The second-order valence-corrected chi connectivity index (χ2v) is 3.80. The number of methoxy groups -OCH3 is 1. The second kappa shape index (κ2) is 6.23. The monoisotopic (exact) mass is 206 g/mol. The van der Waals surface area contributed by atoms with Crippen LogP contribution in [0.25, 0.3) is 0 Å². The number of ether oxygens (including phenoxy) is 1. The molecule has 0 radical (unpaired) electrons. The smallest absolute Gasteiger partial charge is 0.308 e. The largest absolute Gasteiger partial charge is 0.469 e. The molecule has 0 aliphatic rings. The zero-order chi connectivity index (χ0) is 11.1. The molecular formula is C13H18O2. The summed E-state index contributed by atoms with van der Waals surface area (Å²) >= 11 is 0. The number of carbonyl (C=O) groups excluding carboxylic acids is 1. The highest BCUT2D eigenvalue weighted by Gasteiger charge is 2.11. The van der Waals surface area contributed by atoms with Crippen LogP contribution in [0.5, 0.6) is 0 Å². The SMILES string of the molecule is COC(=O)C(C)CCCc1ccccc1. The first kappa shape index (κ1) is 11.8. The number of carbonyl (C=O) groups is 1. The Hall–Kier alpha value is -1.31. The quantitative estimate of drug-likeness (QED) is 0.692. The van der Waals surface area contributed by atoms with Crippen LogP contribution in [0.3, 0.4) is 0 Å². The van der Waals surface area contributed by atoms with Crippen LogP contribution < -0.4 is 0 Å². The Balaban J connectivity index is 2.25. The van der Waals surface area contributed by atoms with E-state index in [4.69, 9.17) is 0 Å². The van der Waals surface area contributed by atoms with Gasteiger partial charge in [0.2, 0.25) is 0 Å². The molecule has 1 rings (SSSR count). The summed E-state index contributed by atoms with van der Waals surface area (Å²) in [7, 11) is 1.44. The fourth-order valence-electron chi connectivity index (χ4n) is 1.58. The van der Waals surface area contributed by atoms with Crippen molar-refractivity contribution in [3.05, 3.63) is 35.9 Å². The zero-order valence-corrected chi connectivity index (χ0v) is 9.40. The summed E-state index contributed by atoms with van der Waals surface area (Å²) in [5, 5.41) is 0. The third kappa shape index (κ3) is 4.15. The van der Waals surface area contributed by atoms with Gasteiger partial charge in [0.05, 0.1) is 13.0 Å². The molecule has 1 atom stereocenters. The lowest BCUT2D eigenvalue weighted by Gasteiger charge is -2.08. The summed E-state index contributed by atoms with van der Waals surface area (Å²) in [4.78, 5) is 11.1. The van der Waals surface area contributed by atoms with Gasteiger partial charge in [0.15, 0.2) is 0 Å². The fraction of sp³-hybridized carbons (Fsp3) is 0.462. The van der Waals surface area contributed by atoms with Gasteiger partial charge in [0.25, 0.3) is 0 Å². The van der Waals surface area contributed by atoms with Crippen LogP contribution in [0.4, 0.5) is 0 Å². The van der Waals surface area contributed by atoms with E-state index in [9.17, 15) is 4.79 Å². The van der Waals surface area contributed by atoms with Crippen LogP contribution in [-0.2, 0) is 16.0 Å².